The summed E-state index contributed by atoms with van der Waals surface area (Å²) >= 11 is 6.57. The van der Waals surface area contributed by atoms with Gasteiger partial charge >= 0.3 is 0 Å². The van der Waals surface area contributed by atoms with Crippen LogP contribution in [0.25, 0.3) is 11.0 Å². The van der Waals surface area contributed by atoms with Crippen LogP contribution < -0.4 is 14.8 Å². The molecule has 3 aromatic carbocycles. The fraction of sp³-hybridized carbons (Fsp3) is 0.296. The number of aromatic nitrogens is 2. The summed E-state index contributed by atoms with van der Waals surface area (Å²) in [5.41, 5.74) is 5.42. The van der Waals surface area contributed by atoms with Crippen molar-refractivity contribution in [3.05, 3.63) is 88.2 Å². The second-order valence-corrected chi connectivity index (χ2v) is 8.49. The van der Waals surface area contributed by atoms with Crippen molar-refractivity contribution in [2.45, 2.75) is 39.8 Å². The zero-order chi connectivity index (χ0) is 23.0. The van der Waals surface area contributed by atoms with Gasteiger partial charge in [0, 0.05) is 24.1 Å². The highest BCUT2D eigenvalue weighted by Crippen LogP contribution is 2.34. The molecule has 172 valence electrons. The van der Waals surface area contributed by atoms with Crippen molar-refractivity contribution in [3.8, 4) is 11.5 Å². The number of fused-ring (bicyclic) bond motifs is 1. The Kier molecular flexibility index (Phi) is 7.87. The van der Waals surface area contributed by atoms with E-state index in [0.29, 0.717) is 36.3 Å². The lowest BCUT2D eigenvalue weighted by Crippen LogP contribution is -2.16. The van der Waals surface area contributed by atoms with E-state index in [-0.39, 0.29) is 0 Å². The molecule has 0 aliphatic carbocycles. The monoisotopic (exact) mass is 463 g/mol. The number of benzene rings is 3. The minimum atomic E-state index is 0.468. The Balaban J connectivity index is 1.31. The van der Waals surface area contributed by atoms with Crippen LogP contribution in [-0.4, -0.2) is 23.1 Å². The normalized spacial score (nSPS) is 11.1. The fourth-order valence-electron chi connectivity index (χ4n) is 3.67. The van der Waals surface area contributed by atoms with Crippen molar-refractivity contribution >= 4 is 22.6 Å². The molecule has 0 fully saturated rings. The number of ether oxygens (including phenoxy) is 2. The average Bonchev–Trinajstić information content (AvgIpc) is 3.23. The average molecular weight is 464 g/mol. The van der Waals surface area contributed by atoms with Crippen LogP contribution in [0, 0.1) is 6.92 Å². The summed E-state index contributed by atoms with van der Waals surface area (Å²) in [5, 5.41) is 4.14. The maximum absolute atomic E-state index is 6.57. The predicted octanol–water partition coefficient (Wildman–Crippen LogP) is 6.22. The molecule has 6 heteroatoms. The van der Waals surface area contributed by atoms with E-state index >= 15 is 0 Å². The lowest BCUT2D eigenvalue weighted by atomic mass is 10.1. The van der Waals surface area contributed by atoms with Crippen LogP contribution in [0.2, 0.25) is 5.02 Å². The Morgan fingerprint density at radius 1 is 1.00 bits per heavy atom. The lowest BCUT2D eigenvalue weighted by Gasteiger charge is -2.15. The van der Waals surface area contributed by atoms with Crippen molar-refractivity contribution in [1.82, 2.24) is 15.3 Å². The largest absolute Gasteiger partial charge is 0.490 e. The molecule has 4 rings (SSSR count). The number of aromatic amines is 1. The van der Waals surface area contributed by atoms with Crippen LogP contribution in [0.4, 0.5) is 0 Å². The molecule has 0 unspecified atom stereocenters. The molecular formula is C27H30ClN3O2. The molecule has 33 heavy (non-hydrogen) atoms. The van der Waals surface area contributed by atoms with Crippen LogP contribution >= 0.6 is 11.6 Å². The highest BCUT2D eigenvalue weighted by atomic mass is 35.5. The zero-order valence-corrected chi connectivity index (χ0v) is 19.9. The summed E-state index contributed by atoms with van der Waals surface area (Å²) in [4.78, 5) is 8.01. The maximum Gasteiger partial charge on any atom is 0.163 e. The molecule has 0 bridgehead atoms. The molecule has 1 aromatic heterocycles. The summed E-state index contributed by atoms with van der Waals surface area (Å²) < 4.78 is 11.9. The second-order valence-electron chi connectivity index (χ2n) is 8.08. The van der Waals surface area contributed by atoms with Crippen LogP contribution in [0.3, 0.4) is 0 Å². The molecular weight excluding hydrogens is 434 g/mol. The smallest absolute Gasteiger partial charge is 0.163 e. The number of hydrogen-bond acceptors (Lipinski definition) is 4. The molecule has 0 spiro atoms. The minimum absolute atomic E-state index is 0.468. The molecule has 1 heterocycles. The van der Waals surface area contributed by atoms with Crippen molar-refractivity contribution in [3.63, 3.8) is 0 Å². The summed E-state index contributed by atoms with van der Waals surface area (Å²) in [6.45, 7) is 6.60. The van der Waals surface area contributed by atoms with Gasteiger partial charge in [0.25, 0.3) is 0 Å². The number of halogens is 1. The molecule has 2 N–H and O–H groups in total. The number of hydrogen-bond donors (Lipinski definition) is 2. The van der Waals surface area contributed by atoms with E-state index in [1.54, 1.807) is 0 Å². The molecule has 0 aliphatic rings. The van der Waals surface area contributed by atoms with Crippen molar-refractivity contribution in [2.75, 3.05) is 13.2 Å². The Hall–Kier alpha value is -3.02. The van der Waals surface area contributed by atoms with E-state index in [9.17, 15) is 0 Å². The fourth-order valence-corrected chi connectivity index (χ4v) is 3.89. The predicted molar refractivity (Wildman–Crippen MR) is 134 cm³/mol. The number of nitrogens with zero attached hydrogens (tertiary/aromatic N) is 1. The standard InChI is InChI=1S/C27H30ClN3O2/c1-3-32-25-15-21(22(28)16-26(25)33-18-20-12-10-19(2)11-13-20)17-29-14-6-9-27-30-23-7-4-5-8-24(23)31-27/h4-5,7-8,10-13,15-16,29H,3,6,9,14,17-18H2,1-2H3,(H,30,31). The Bertz CT molecular complexity index is 1150. The summed E-state index contributed by atoms with van der Waals surface area (Å²) in [5.74, 6) is 2.40. The van der Waals surface area contributed by atoms with Gasteiger partial charge in [-0.05, 0) is 56.1 Å². The number of rotatable bonds is 11. The quantitative estimate of drug-likeness (QED) is 0.259. The van der Waals surface area contributed by atoms with Crippen LogP contribution in [-0.2, 0) is 19.6 Å². The Morgan fingerprint density at radius 2 is 1.79 bits per heavy atom. The van der Waals surface area contributed by atoms with Crippen LogP contribution in [0.15, 0.2) is 60.7 Å². The van der Waals surface area contributed by atoms with Crippen LogP contribution in [0.1, 0.15) is 35.9 Å². The van der Waals surface area contributed by atoms with Gasteiger partial charge in [-0.2, -0.15) is 0 Å². The van der Waals surface area contributed by atoms with Gasteiger partial charge in [0.1, 0.15) is 12.4 Å². The van der Waals surface area contributed by atoms with E-state index in [4.69, 9.17) is 21.1 Å². The summed E-state index contributed by atoms with van der Waals surface area (Å²) in [6, 6.07) is 20.2. The number of H-pyrrole nitrogens is 1. The molecule has 0 amide bonds. The van der Waals surface area contributed by atoms with Crippen molar-refractivity contribution in [2.24, 2.45) is 0 Å². The lowest BCUT2D eigenvalue weighted by molar-refractivity contribution is 0.269. The molecule has 0 saturated carbocycles. The number of aryl methyl sites for hydroxylation is 2. The number of imidazole rings is 1. The highest BCUT2D eigenvalue weighted by molar-refractivity contribution is 6.31. The zero-order valence-electron chi connectivity index (χ0n) is 19.2. The van der Waals surface area contributed by atoms with Gasteiger partial charge in [0.05, 0.1) is 17.6 Å². The van der Waals surface area contributed by atoms with Gasteiger partial charge in [-0.15, -0.1) is 0 Å². The molecule has 4 aromatic rings. The topological polar surface area (TPSA) is 59.2 Å². The van der Waals surface area contributed by atoms with Crippen molar-refractivity contribution < 1.29 is 9.47 Å². The van der Waals surface area contributed by atoms with Crippen LogP contribution in [0.5, 0.6) is 11.5 Å². The first-order valence-electron chi connectivity index (χ1n) is 11.4. The van der Waals surface area contributed by atoms with Gasteiger partial charge in [-0.25, -0.2) is 4.98 Å². The summed E-state index contributed by atoms with van der Waals surface area (Å²) in [7, 11) is 0. The third-order valence-corrected chi connectivity index (χ3v) is 5.80. The first-order chi connectivity index (χ1) is 16.1. The first kappa shape index (κ1) is 23.1. The SMILES string of the molecule is CCOc1cc(CNCCCc2nc3ccccc3[nH]2)c(Cl)cc1OCc1ccc(C)cc1. The third-order valence-electron chi connectivity index (χ3n) is 5.45. The van der Waals surface area contributed by atoms with E-state index < -0.39 is 0 Å². The van der Waals surface area contributed by atoms with E-state index in [0.717, 1.165) is 47.4 Å². The number of para-hydroxylation sites is 2. The number of nitrogens with one attached hydrogen (secondary N) is 2. The van der Waals surface area contributed by atoms with Gasteiger partial charge < -0.3 is 19.8 Å². The highest BCUT2D eigenvalue weighted by Gasteiger charge is 2.12. The molecule has 5 nitrogen and oxygen atoms in total. The Labute approximate surface area is 200 Å². The second kappa shape index (κ2) is 11.2. The molecule has 0 aliphatic heterocycles. The van der Waals surface area contributed by atoms with Crippen molar-refractivity contribution in [1.29, 1.82) is 0 Å². The molecule has 0 atom stereocenters. The third kappa shape index (κ3) is 6.28. The van der Waals surface area contributed by atoms with Gasteiger partial charge in [0.2, 0.25) is 0 Å². The van der Waals surface area contributed by atoms with Gasteiger partial charge in [-0.1, -0.05) is 53.6 Å². The van der Waals surface area contributed by atoms with E-state index in [1.807, 2.05) is 37.3 Å². The van der Waals surface area contributed by atoms with E-state index in [1.165, 1.54) is 5.56 Å². The molecule has 0 radical (unpaired) electrons. The minimum Gasteiger partial charge on any atom is -0.490 e. The Morgan fingerprint density at radius 3 is 2.58 bits per heavy atom. The van der Waals surface area contributed by atoms with Gasteiger partial charge in [-0.3, -0.25) is 0 Å². The van der Waals surface area contributed by atoms with E-state index in [2.05, 4.69) is 52.5 Å². The van der Waals surface area contributed by atoms with Gasteiger partial charge in [0.15, 0.2) is 11.5 Å². The first-order valence-corrected chi connectivity index (χ1v) is 11.8. The summed E-state index contributed by atoms with van der Waals surface area (Å²) in [6.07, 6.45) is 1.87. The molecule has 0 saturated heterocycles. The maximum atomic E-state index is 6.57.